The summed E-state index contributed by atoms with van der Waals surface area (Å²) in [5.74, 6) is -0.0225. The molecule has 0 bridgehead atoms. The zero-order valence-corrected chi connectivity index (χ0v) is 24.6. The molecule has 27 heteroatoms. The summed E-state index contributed by atoms with van der Waals surface area (Å²) in [4.78, 5) is 74.4. The molecule has 2 aliphatic rings. The van der Waals surface area contributed by atoms with E-state index >= 15 is 0 Å². The van der Waals surface area contributed by atoms with Gasteiger partial charge in [0.1, 0.15) is 42.5 Å². The quantitative estimate of drug-likeness (QED) is 0.0458. The third-order valence-electron chi connectivity index (χ3n) is 6.44. The molecule has 2 fully saturated rings. The highest BCUT2D eigenvalue weighted by atomic mass is 31.2. The van der Waals surface area contributed by atoms with Crippen LogP contribution in [0.25, 0.3) is 21.6 Å². The highest BCUT2D eigenvalue weighted by Gasteiger charge is 2.46. The van der Waals surface area contributed by atoms with E-state index < -0.39 is 89.1 Å². The maximum atomic E-state index is 11.7. The number of nitrogens with two attached hydrogens (primary N) is 1. The summed E-state index contributed by atoms with van der Waals surface area (Å²) >= 11 is 0. The second kappa shape index (κ2) is 14.0. The number of anilines is 1. The largest absolute Gasteiger partial charge is 0.469 e. The van der Waals surface area contributed by atoms with E-state index in [1.807, 2.05) is 0 Å². The number of H-pyrrole nitrogens is 1. The normalized spacial score (nSPS) is 28.1. The second-order valence-corrected chi connectivity index (χ2v) is 11.9. The number of aromatic nitrogens is 6. The first-order chi connectivity index (χ1) is 21.5. The summed E-state index contributed by atoms with van der Waals surface area (Å²) in [5.41, 5.74) is 12.9. The maximum absolute atomic E-state index is 11.7. The Morgan fingerprint density at radius 3 is 2.17 bits per heavy atom. The Balaban J connectivity index is 0.000000212. The Kier molecular flexibility index (Phi) is 10.7. The van der Waals surface area contributed by atoms with Crippen LogP contribution in [0.3, 0.4) is 0 Å². The number of fused-ring (bicyclic) bond motifs is 1. The van der Waals surface area contributed by atoms with Crippen LogP contribution in [0.1, 0.15) is 12.5 Å². The average Bonchev–Trinajstić information content (AvgIpc) is 3.61. The highest BCUT2D eigenvalue weighted by Crippen LogP contribution is 2.40. The molecule has 0 aliphatic carbocycles. The van der Waals surface area contributed by atoms with Gasteiger partial charge < -0.3 is 55.1 Å². The van der Waals surface area contributed by atoms with Crippen molar-refractivity contribution < 1.29 is 62.5 Å². The van der Waals surface area contributed by atoms with E-state index in [-0.39, 0.29) is 17.0 Å². The molecule has 10 N–H and O–H groups in total. The summed E-state index contributed by atoms with van der Waals surface area (Å²) in [6.45, 7) is -1.30. The minimum absolute atomic E-state index is 0.00944. The fourth-order valence-corrected chi connectivity index (χ4v) is 5.07. The monoisotopic (exact) mass is 696 g/mol. The number of imidazole rings is 1. The molecule has 46 heavy (non-hydrogen) atoms. The van der Waals surface area contributed by atoms with Gasteiger partial charge in [0.05, 0.1) is 32.0 Å². The lowest BCUT2D eigenvalue weighted by atomic mass is 10.1. The lowest BCUT2D eigenvalue weighted by Crippen LogP contribution is -2.36. The van der Waals surface area contributed by atoms with Crippen LogP contribution in [-0.4, -0.2) is 114 Å². The lowest BCUT2D eigenvalue weighted by Gasteiger charge is -2.16. The number of ether oxygens (including phenoxy) is 2. The molecule has 5 rings (SSSR count). The van der Waals surface area contributed by atoms with Crippen LogP contribution in [0.5, 0.6) is 0 Å². The molecule has 3 aromatic heterocycles. The first-order valence-corrected chi connectivity index (χ1v) is 15.6. The molecule has 2 saturated heterocycles. The lowest BCUT2D eigenvalue weighted by molar-refractivity contribution is -0.0542. The van der Waals surface area contributed by atoms with Gasteiger partial charge in [-0.25, -0.2) is 23.9 Å². The van der Waals surface area contributed by atoms with Gasteiger partial charge in [-0.3, -0.25) is 23.0 Å². The van der Waals surface area contributed by atoms with Crippen LogP contribution >= 0.6 is 15.6 Å². The maximum Gasteiger partial charge on any atom is 0.469 e. The first kappa shape index (κ1) is 35.2. The van der Waals surface area contributed by atoms with Crippen LogP contribution < -0.4 is 17.0 Å². The highest BCUT2D eigenvalue weighted by molar-refractivity contribution is 7.46. The Bertz CT molecular complexity index is 1800. The number of nitrogens with one attached hydrogen (secondary N) is 1. The number of aliphatic hydroxyl groups is 3. The molecule has 3 aromatic rings. The summed E-state index contributed by atoms with van der Waals surface area (Å²) in [7, 11) is -9.52. The van der Waals surface area contributed by atoms with Gasteiger partial charge in [0.15, 0.2) is 17.4 Å². The summed E-state index contributed by atoms with van der Waals surface area (Å²) in [5, 5.41) is 33.3. The van der Waals surface area contributed by atoms with Crippen molar-refractivity contribution in [3.8, 4) is 0 Å². The average molecular weight is 696 g/mol. The van der Waals surface area contributed by atoms with Crippen molar-refractivity contribution in [1.82, 2.24) is 29.1 Å². The van der Waals surface area contributed by atoms with Gasteiger partial charge in [0, 0.05) is 11.1 Å². The zero-order chi connectivity index (χ0) is 34.0. The molecule has 252 valence electrons. The van der Waals surface area contributed by atoms with Gasteiger partial charge in [-0.15, -0.1) is 0 Å². The topological polar surface area (TPSA) is 386 Å². The Morgan fingerprint density at radius 2 is 1.59 bits per heavy atom. The van der Waals surface area contributed by atoms with Gasteiger partial charge in [-0.2, -0.15) is 4.98 Å². The Hall–Kier alpha value is -3.64. The van der Waals surface area contributed by atoms with E-state index in [1.165, 1.54) is 23.2 Å². The van der Waals surface area contributed by atoms with Crippen LogP contribution in [0.15, 0.2) is 39.6 Å². The second-order valence-electron chi connectivity index (χ2n) is 9.47. The van der Waals surface area contributed by atoms with Crippen LogP contribution in [0.4, 0.5) is 5.82 Å². The minimum Gasteiger partial charge on any atom is -0.390 e. The SMILES string of the molecule is Nc1ccn([C@@H]2O[C@H](COP(=O)(O)O)[C@H](O)[C@H]2O)c(=O)n1.[N-]=[N+]=N[C@@H]1[C@H](O)[C@@H](COP(=O)(O)O)O[C@H]1n1cnc2c(=O)[nH]cnc21. The van der Waals surface area contributed by atoms with Crippen LogP contribution in [-0.2, 0) is 27.7 Å². The van der Waals surface area contributed by atoms with Gasteiger partial charge in [0.2, 0.25) is 0 Å². The number of hydrogen-bond acceptors (Lipinski definition) is 16. The predicted octanol–water partition coefficient (Wildman–Crippen LogP) is -3.28. The molecule has 0 saturated carbocycles. The number of nitrogens with zero attached hydrogens (tertiary/aromatic N) is 8. The number of rotatable bonds is 9. The summed E-state index contributed by atoms with van der Waals surface area (Å²) in [6.07, 6.45) is -5.61. The molecule has 0 spiro atoms. The van der Waals surface area contributed by atoms with E-state index in [1.54, 1.807) is 0 Å². The molecule has 2 aliphatic heterocycles. The van der Waals surface area contributed by atoms with E-state index in [9.17, 15) is 34.0 Å². The van der Waals surface area contributed by atoms with Crippen LogP contribution in [0, 0.1) is 0 Å². The molecule has 0 aromatic carbocycles. The molecule has 5 heterocycles. The number of aromatic amines is 1. The molecule has 0 amide bonds. The van der Waals surface area contributed by atoms with E-state index in [4.69, 9.17) is 40.3 Å². The Labute approximate surface area is 253 Å². The zero-order valence-electron chi connectivity index (χ0n) is 22.8. The van der Waals surface area contributed by atoms with E-state index in [0.29, 0.717) is 0 Å². The molecule has 0 radical (unpaired) electrons. The summed E-state index contributed by atoms with van der Waals surface area (Å²) < 4.78 is 42.9. The number of hydrogen-bond donors (Lipinski definition) is 9. The minimum atomic E-state index is -4.78. The van der Waals surface area contributed by atoms with Gasteiger partial charge >= 0.3 is 21.3 Å². The smallest absolute Gasteiger partial charge is 0.390 e. The predicted molar refractivity (Wildman–Crippen MR) is 146 cm³/mol. The van der Waals surface area contributed by atoms with Crippen molar-refractivity contribution >= 4 is 32.6 Å². The van der Waals surface area contributed by atoms with E-state index in [0.717, 1.165) is 10.9 Å². The van der Waals surface area contributed by atoms with Crippen molar-refractivity contribution in [2.75, 3.05) is 18.9 Å². The molecule has 25 nitrogen and oxygen atoms in total. The van der Waals surface area contributed by atoms with E-state index in [2.05, 4.69) is 39.0 Å². The van der Waals surface area contributed by atoms with Gasteiger partial charge in [0.25, 0.3) is 5.56 Å². The number of aliphatic hydroxyl groups excluding tert-OH is 3. The fraction of sp³-hybridized carbons (Fsp3) is 0.526. The van der Waals surface area contributed by atoms with Crippen LogP contribution in [0.2, 0.25) is 0 Å². The Morgan fingerprint density at radius 1 is 0.978 bits per heavy atom. The first-order valence-electron chi connectivity index (χ1n) is 12.5. The number of phosphoric ester groups is 2. The fourth-order valence-electron chi connectivity index (χ4n) is 4.39. The molecule has 0 unspecified atom stereocenters. The summed E-state index contributed by atoms with van der Waals surface area (Å²) in [6, 6.07) is 0.137. The van der Waals surface area contributed by atoms with Crippen molar-refractivity contribution in [3.63, 3.8) is 0 Å². The number of nitrogen functional groups attached to an aromatic ring is 1. The van der Waals surface area contributed by atoms with Crippen molar-refractivity contribution in [1.29, 1.82) is 0 Å². The van der Waals surface area contributed by atoms with Crippen molar-refractivity contribution in [3.05, 3.63) is 56.2 Å². The molecule has 8 atom stereocenters. The third-order valence-corrected chi connectivity index (χ3v) is 7.41. The molecular formula is C19H26N10O15P2. The standard InChI is InChI=1S/C10H12N7O7P.C9H14N3O8P/c11-16-15-5-7(18)4(1-23-25(20,21)22)24-10(5)17-3-14-6-8(17)12-2-13-9(6)19;10-5-1-2-12(9(15)11-5)8-7(14)6(13)4(20-8)3-19-21(16,17)18/h2-5,7,10,18H,1H2,(H,12,13,19)(H2,20,21,22);1-2,4,6-8,13-14H,3H2,(H2,10,11,15)(H2,16,17,18)/t4-,5-,7-,10-;4-,6+,7-,8-/m11/s1. The number of phosphoric acid groups is 2. The number of azide groups is 1. The third kappa shape index (κ3) is 8.19. The van der Waals surface area contributed by atoms with Crippen molar-refractivity contribution in [2.45, 2.75) is 49.0 Å². The van der Waals surface area contributed by atoms with Gasteiger partial charge in [-0.05, 0) is 11.6 Å². The van der Waals surface area contributed by atoms with Crippen molar-refractivity contribution in [2.24, 2.45) is 5.11 Å². The van der Waals surface area contributed by atoms with Gasteiger partial charge in [-0.1, -0.05) is 5.11 Å². The molecular weight excluding hydrogens is 670 g/mol.